The summed E-state index contributed by atoms with van der Waals surface area (Å²) in [6.45, 7) is 0.591. The smallest absolute Gasteiger partial charge is 0.161 e. The average molecular weight is 326 g/mol. The van der Waals surface area contributed by atoms with Crippen molar-refractivity contribution in [2.75, 3.05) is 25.8 Å². The Balaban J connectivity index is 1.96. The second-order valence-electron chi connectivity index (χ2n) is 5.57. The van der Waals surface area contributed by atoms with E-state index in [1.54, 1.807) is 20.4 Å². The number of hydrogen-bond acceptors (Lipinski definition) is 6. The van der Waals surface area contributed by atoms with Gasteiger partial charge >= 0.3 is 0 Å². The molecular weight excluding hydrogens is 304 g/mol. The zero-order valence-electron chi connectivity index (χ0n) is 14.0. The predicted molar refractivity (Wildman–Crippen MR) is 94.7 cm³/mol. The molecule has 0 radical (unpaired) electrons. The SMILES string of the molecule is COc1ccc(C2CC(CCN)=NN2c2ccccn2)cc1OC. The number of hydrazone groups is 1. The number of methoxy groups -OCH3 is 2. The third-order valence-electron chi connectivity index (χ3n) is 4.08. The lowest BCUT2D eigenvalue weighted by molar-refractivity contribution is 0.354. The number of aromatic nitrogens is 1. The third-order valence-corrected chi connectivity index (χ3v) is 4.08. The number of ether oxygens (including phenoxy) is 2. The van der Waals surface area contributed by atoms with Crippen molar-refractivity contribution in [3.05, 3.63) is 48.2 Å². The van der Waals surface area contributed by atoms with E-state index in [1.165, 1.54) is 0 Å². The van der Waals surface area contributed by atoms with E-state index < -0.39 is 0 Å². The monoisotopic (exact) mass is 326 g/mol. The lowest BCUT2D eigenvalue weighted by Gasteiger charge is -2.23. The maximum atomic E-state index is 5.71. The molecule has 0 aliphatic carbocycles. The second-order valence-corrected chi connectivity index (χ2v) is 5.57. The van der Waals surface area contributed by atoms with Crippen molar-refractivity contribution in [2.24, 2.45) is 10.8 Å². The van der Waals surface area contributed by atoms with Crippen molar-refractivity contribution < 1.29 is 9.47 Å². The van der Waals surface area contributed by atoms with Crippen molar-refractivity contribution in [2.45, 2.75) is 18.9 Å². The first-order valence-corrected chi connectivity index (χ1v) is 7.95. The van der Waals surface area contributed by atoms with E-state index in [4.69, 9.17) is 20.3 Å². The first kappa shape index (κ1) is 16.3. The first-order chi connectivity index (χ1) is 11.8. The molecule has 0 saturated heterocycles. The lowest BCUT2D eigenvalue weighted by atomic mass is 10.00. The van der Waals surface area contributed by atoms with Gasteiger partial charge in [-0.25, -0.2) is 9.99 Å². The van der Waals surface area contributed by atoms with Gasteiger partial charge in [0.05, 0.1) is 20.3 Å². The fourth-order valence-electron chi connectivity index (χ4n) is 2.91. The van der Waals surface area contributed by atoms with Crippen LogP contribution in [0.2, 0.25) is 0 Å². The molecule has 0 fully saturated rings. The molecule has 1 unspecified atom stereocenters. The summed E-state index contributed by atoms with van der Waals surface area (Å²) in [5.41, 5.74) is 7.90. The van der Waals surface area contributed by atoms with Gasteiger partial charge in [0.2, 0.25) is 0 Å². The average Bonchev–Trinajstić information content (AvgIpc) is 3.06. The Morgan fingerprint density at radius 3 is 2.67 bits per heavy atom. The summed E-state index contributed by atoms with van der Waals surface area (Å²) in [6.07, 6.45) is 3.38. The first-order valence-electron chi connectivity index (χ1n) is 7.95. The Morgan fingerprint density at radius 2 is 2.00 bits per heavy atom. The molecule has 6 heteroatoms. The van der Waals surface area contributed by atoms with Crippen LogP contribution in [0.3, 0.4) is 0 Å². The van der Waals surface area contributed by atoms with Crippen LogP contribution in [0.4, 0.5) is 5.82 Å². The molecule has 2 N–H and O–H groups in total. The van der Waals surface area contributed by atoms with E-state index in [0.717, 1.165) is 29.9 Å². The van der Waals surface area contributed by atoms with Crippen molar-refractivity contribution in [3.63, 3.8) is 0 Å². The molecular formula is C18H22N4O2. The molecule has 0 amide bonds. The molecule has 24 heavy (non-hydrogen) atoms. The molecule has 2 heterocycles. The highest BCUT2D eigenvalue weighted by Gasteiger charge is 2.30. The van der Waals surface area contributed by atoms with Crippen LogP contribution < -0.4 is 20.2 Å². The van der Waals surface area contributed by atoms with Crippen molar-refractivity contribution in [1.29, 1.82) is 0 Å². The van der Waals surface area contributed by atoms with Gasteiger partial charge in [-0.15, -0.1) is 0 Å². The van der Waals surface area contributed by atoms with E-state index in [2.05, 4.69) is 4.98 Å². The van der Waals surface area contributed by atoms with Crippen LogP contribution >= 0.6 is 0 Å². The molecule has 1 aromatic heterocycles. The summed E-state index contributed by atoms with van der Waals surface area (Å²) >= 11 is 0. The van der Waals surface area contributed by atoms with E-state index >= 15 is 0 Å². The van der Waals surface area contributed by atoms with Gasteiger partial charge in [-0.1, -0.05) is 12.1 Å². The number of nitrogens with two attached hydrogens (primary N) is 1. The van der Waals surface area contributed by atoms with Gasteiger partial charge in [0.1, 0.15) is 5.82 Å². The summed E-state index contributed by atoms with van der Waals surface area (Å²) < 4.78 is 10.8. The molecule has 3 rings (SSSR count). The molecule has 0 spiro atoms. The maximum absolute atomic E-state index is 5.71. The van der Waals surface area contributed by atoms with E-state index in [-0.39, 0.29) is 6.04 Å². The van der Waals surface area contributed by atoms with Crippen molar-refractivity contribution in [1.82, 2.24) is 4.98 Å². The van der Waals surface area contributed by atoms with Crippen LogP contribution in [0.25, 0.3) is 0 Å². The van der Waals surface area contributed by atoms with E-state index in [0.29, 0.717) is 18.0 Å². The van der Waals surface area contributed by atoms with Crippen LogP contribution in [0.15, 0.2) is 47.7 Å². The molecule has 1 atom stereocenters. The van der Waals surface area contributed by atoms with Gasteiger partial charge in [0.15, 0.2) is 11.5 Å². The Kier molecular flexibility index (Phi) is 4.96. The van der Waals surface area contributed by atoms with Gasteiger partial charge in [-0.3, -0.25) is 0 Å². The largest absolute Gasteiger partial charge is 0.493 e. The van der Waals surface area contributed by atoms with Crippen molar-refractivity contribution >= 4 is 11.5 Å². The number of anilines is 1. The minimum Gasteiger partial charge on any atom is -0.493 e. The molecule has 2 aromatic rings. The van der Waals surface area contributed by atoms with Crippen LogP contribution in [-0.4, -0.2) is 31.5 Å². The third kappa shape index (κ3) is 3.19. The van der Waals surface area contributed by atoms with Gasteiger partial charge < -0.3 is 15.2 Å². The minimum atomic E-state index is 0.0706. The van der Waals surface area contributed by atoms with Crippen LogP contribution in [0, 0.1) is 0 Å². The van der Waals surface area contributed by atoms with E-state index in [9.17, 15) is 0 Å². The number of nitrogens with zero attached hydrogens (tertiary/aromatic N) is 3. The normalized spacial score (nSPS) is 16.9. The number of benzene rings is 1. The highest BCUT2D eigenvalue weighted by molar-refractivity contribution is 5.89. The number of hydrogen-bond donors (Lipinski definition) is 1. The summed E-state index contributed by atoms with van der Waals surface area (Å²) in [6, 6.07) is 11.9. The summed E-state index contributed by atoms with van der Waals surface area (Å²) in [5.74, 6) is 2.25. The van der Waals surface area contributed by atoms with Crippen molar-refractivity contribution in [3.8, 4) is 11.5 Å². The fourth-order valence-corrected chi connectivity index (χ4v) is 2.91. The molecule has 0 saturated carbocycles. The van der Waals surface area contributed by atoms with Crippen LogP contribution in [0.5, 0.6) is 11.5 Å². The number of pyridine rings is 1. The quantitative estimate of drug-likeness (QED) is 0.883. The summed E-state index contributed by atoms with van der Waals surface area (Å²) in [5, 5.41) is 6.70. The molecule has 1 aliphatic heterocycles. The zero-order chi connectivity index (χ0) is 16.9. The Labute approximate surface area is 141 Å². The molecule has 1 aromatic carbocycles. The summed E-state index contributed by atoms with van der Waals surface area (Å²) in [4.78, 5) is 4.44. The Bertz CT molecular complexity index is 718. The van der Waals surface area contributed by atoms with Gasteiger partial charge in [-0.2, -0.15) is 5.10 Å². The topological polar surface area (TPSA) is 73.0 Å². The number of rotatable bonds is 6. The standard InChI is InChI=1S/C18H22N4O2/c1-23-16-7-6-13(11-17(16)24-2)15-12-14(8-9-19)21-22(15)18-5-3-4-10-20-18/h3-7,10-11,15H,8-9,12,19H2,1-2H3. The zero-order valence-corrected chi connectivity index (χ0v) is 14.0. The molecule has 6 nitrogen and oxygen atoms in total. The fraction of sp³-hybridized carbons (Fsp3) is 0.333. The van der Waals surface area contributed by atoms with Gasteiger partial charge in [0, 0.05) is 18.3 Å². The minimum absolute atomic E-state index is 0.0706. The highest BCUT2D eigenvalue weighted by atomic mass is 16.5. The second kappa shape index (κ2) is 7.31. The Hall–Kier alpha value is -2.60. The molecule has 1 aliphatic rings. The highest BCUT2D eigenvalue weighted by Crippen LogP contribution is 2.38. The van der Waals surface area contributed by atoms with Crippen LogP contribution in [0.1, 0.15) is 24.4 Å². The molecule has 0 bridgehead atoms. The Morgan fingerprint density at radius 1 is 1.17 bits per heavy atom. The summed E-state index contributed by atoms with van der Waals surface area (Å²) in [7, 11) is 3.28. The van der Waals surface area contributed by atoms with E-state index in [1.807, 2.05) is 41.4 Å². The molecule has 126 valence electrons. The maximum Gasteiger partial charge on any atom is 0.161 e. The van der Waals surface area contributed by atoms with Gasteiger partial charge in [-0.05, 0) is 42.8 Å². The van der Waals surface area contributed by atoms with Crippen LogP contribution in [-0.2, 0) is 0 Å². The van der Waals surface area contributed by atoms with Gasteiger partial charge in [0.25, 0.3) is 0 Å². The predicted octanol–water partition coefficient (Wildman–Crippen LogP) is 2.76. The lowest BCUT2D eigenvalue weighted by Crippen LogP contribution is -2.19.